The molecule has 27 heavy (non-hydrogen) atoms. The summed E-state index contributed by atoms with van der Waals surface area (Å²) in [6.45, 7) is 2.53. The number of piperidine rings is 1. The Labute approximate surface area is 159 Å². The zero-order valence-electron chi connectivity index (χ0n) is 15.7. The van der Waals surface area contributed by atoms with Crippen LogP contribution in [-0.2, 0) is 24.2 Å². The Balaban J connectivity index is 1.39. The van der Waals surface area contributed by atoms with Gasteiger partial charge in [0.25, 0.3) is 0 Å². The third kappa shape index (κ3) is 4.20. The molecule has 1 unspecified atom stereocenters. The maximum atomic E-state index is 13.3. The molecule has 4 rings (SSSR count). The number of carbonyl (C=O) groups is 1. The van der Waals surface area contributed by atoms with Crippen molar-refractivity contribution in [1.82, 2.24) is 19.7 Å². The Kier molecular flexibility index (Phi) is 5.50. The minimum absolute atomic E-state index is 0.152. The SMILES string of the molecule is O=C(CCc1cccc(F)c1)N1CCCC(c2nnc3n2CCCCC3)C1. The highest BCUT2D eigenvalue weighted by Crippen LogP contribution is 2.28. The van der Waals surface area contributed by atoms with E-state index in [4.69, 9.17) is 0 Å². The summed E-state index contributed by atoms with van der Waals surface area (Å²) in [6, 6.07) is 6.52. The summed E-state index contributed by atoms with van der Waals surface area (Å²) in [5, 5.41) is 8.91. The van der Waals surface area contributed by atoms with Crippen LogP contribution in [0.1, 0.15) is 61.7 Å². The van der Waals surface area contributed by atoms with Crippen LogP contribution in [0.5, 0.6) is 0 Å². The second-order valence-electron chi connectivity index (χ2n) is 7.75. The van der Waals surface area contributed by atoms with E-state index < -0.39 is 0 Å². The van der Waals surface area contributed by atoms with Crippen LogP contribution in [0.4, 0.5) is 4.39 Å². The van der Waals surface area contributed by atoms with E-state index >= 15 is 0 Å². The molecule has 0 spiro atoms. The van der Waals surface area contributed by atoms with Crippen molar-refractivity contribution in [2.45, 2.75) is 63.8 Å². The first-order valence-electron chi connectivity index (χ1n) is 10.1. The average molecular weight is 370 g/mol. The predicted molar refractivity (Wildman–Crippen MR) is 101 cm³/mol. The van der Waals surface area contributed by atoms with Gasteiger partial charge in [-0.05, 0) is 49.8 Å². The number of hydrogen-bond acceptors (Lipinski definition) is 3. The lowest BCUT2D eigenvalue weighted by atomic mass is 9.96. The van der Waals surface area contributed by atoms with Gasteiger partial charge < -0.3 is 9.47 Å². The third-order valence-corrected chi connectivity index (χ3v) is 5.79. The quantitative estimate of drug-likeness (QED) is 0.828. The van der Waals surface area contributed by atoms with Crippen LogP contribution >= 0.6 is 0 Å². The number of benzene rings is 1. The van der Waals surface area contributed by atoms with Crippen LogP contribution in [0, 0.1) is 5.82 Å². The number of fused-ring (bicyclic) bond motifs is 1. The molecule has 2 aliphatic heterocycles. The first kappa shape index (κ1) is 18.1. The lowest BCUT2D eigenvalue weighted by Gasteiger charge is -2.32. The Bertz CT molecular complexity index is 803. The van der Waals surface area contributed by atoms with Gasteiger partial charge in [-0.15, -0.1) is 10.2 Å². The highest BCUT2D eigenvalue weighted by Gasteiger charge is 2.29. The van der Waals surface area contributed by atoms with Crippen LogP contribution < -0.4 is 0 Å². The molecule has 6 heteroatoms. The molecule has 1 amide bonds. The van der Waals surface area contributed by atoms with E-state index in [1.165, 1.54) is 31.4 Å². The zero-order chi connectivity index (χ0) is 18.6. The van der Waals surface area contributed by atoms with Gasteiger partial charge >= 0.3 is 0 Å². The summed E-state index contributed by atoms with van der Waals surface area (Å²) < 4.78 is 15.6. The second-order valence-corrected chi connectivity index (χ2v) is 7.75. The molecule has 3 heterocycles. The van der Waals surface area contributed by atoms with Gasteiger partial charge in [-0.1, -0.05) is 18.6 Å². The van der Waals surface area contributed by atoms with Crippen LogP contribution in [0.3, 0.4) is 0 Å². The number of likely N-dealkylation sites (tertiary alicyclic amines) is 1. The van der Waals surface area contributed by atoms with Gasteiger partial charge in [0, 0.05) is 38.4 Å². The molecular weight excluding hydrogens is 343 g/mol. The molecule has 1 aromatic carbocycles. The van der Waals surface area contributed by atoms with Crippen molar-refractivity contribution in [2.24, 2.45) is 0 Å². The predicted octanol–water partition coefficient (Wildman–Crippen LogP) is 3.48. The van der Waals surface area contributed by atoms with E-state index in [1.54, 1.807) is 6.07 Å². The molecule has 0 saturated carbocycles. The maximum absolute atomic E-state index is 13.3. The Morgan fingerprint density at radius 2 is 2.07 bits per heavy atom. The number of aromatic nitrogens is 3. The molecule has 1 saturated heterocycles. The van der Waals surface area contributed by atoms with Crippen LogP contribution in [0.15, 0.2) is 24.3 Å². The minimum atomic E-state index is -0.245. The summed E-state index contributed by atoms with van der Waals surface area (Å²) in [4.78, 5) is 14.7. The molecule has 2 aliphatic rings. The van der Waals surface area contributed by atoms with Gasteiger partial charge in [0.1, 0.15) is 17.5 Å². The van der Waals surface area contributed by atoms with Gasteiger partial charge in [0.05, 0.1) is 0 Å². The van der Waals surface area contributed by atoms with E-state index in [2.05, 4.69) is 14.8 Å². The van der Waals surface area contributed by atoms with Gasteiger partial charge in [-0.3, -0.25) is 4.79 Å². The molecule has 144 valence electrons. The zero-order valence-corrected chi connectivity index (χ0v) is 15.7. The van der Waals surface area contributed by atoms with E-state index in [9.17, 15) is 9.18 Å². The highest BCUT2D eigenvalue weighted by molar-refractivity contribution is 5.76. The fraction of sp³-hybridized carbons (Fsp3) is 0.571. The lowest BCUT2D eigenvalue weighted by Crippen LogP contribution is -2.40. The fourth-order valence-corrected chi connectivity index (χ4v) is 4.33. The van der Waals surface area contributed by atoms with Crippen molar-refractivity contribution in [3.05, 3.63) is 47.3 Å². The van der Waals surface area contributed by atoms with Crippen molar-refractivity contribution in [1.29, 1.82) is 0 Å². The highest BCUT2D eigenvalue weighted by atomic mass is 19.1. The van der Waals surface area contributed by atoms with Crippen LogP contribution in [-0.4, -0.2) is 38.7 Å². The van der Waals surface area contributed by atoms with Crippen molar-refractivity contribution < 1.29 is 9.18 Å². The molecular formula is C21H27FN4O. The van der Waals surface area contributed by atoms with Gasteiger partial charge in [-0.25, -0.2) is 4.39 Å². The van der Waals surface area contributed by atoms with Gasteiger partial charge in [0.15, 0.2) is 0 Å². The summed E-state index contributed by atoms with van der Waals surface area (Å²) >= 11 is 0. The van der Waals surface area contributed by atoms with E-state index in [-0.39, 0.29) is 17.6 Å². The van der Waals surface area contributed by atoms with Crippen LogP contribution in [0.25, 0.3) is 0 Å². The number of hydrogen-bond donors (Lipinski definition) is 0. The average Bonchev–Trinajstić information content (AvgIpc) is 2.94. The number of carbonyl (C=O) groups excluding carboxylic acids is 1. The Morgan fingerprint density at radius 1 is 1.15 bits per heavy atom. The van der Waals surface area contributed by atoms with Crippen molar-refractivity contribution >= 4 is 5.91 Å². The number of halogens is 1. The summed E-state index contributed by atoms with van der Waals surface area (Å²) in [7, 11) is 0. The molecule has 1 aromatic heterocycles. The van der Waals surface area contributed by atoms with E-state index in [1.807, 2.05) is 11.0 Å². The Hall–Kier alpha value is -2.24. The molecule has 0 bridgehead atoms. The molecule has 2 aromatic rings. The fourth-order valence-electron chi connectivity index (χ4n) is 4.33. The van der Waals surface area contributed by atoms with Crippen LogP contribution in [0.2, 0.25) is 0 Å². The van der Waals surface area contributed by atoms with E-state index in [0.29, 0.717) is 12.8 Å². The number of amides is 1. The normalized spacial score (nSPS) is 20.2. The minimum Gasteiger partial charge on any atom is -0.342 e. The standard InChI is InChI=1S/C21H27FN4O/c22-18-8-4-6-16(14-18)10-11-20(27)25-12-5-7-17(15-25)21-24-23-19-9-2-1-3-13-26(19)21/h4,6,8,14,17H,1-3,5,7,9-13,15H2. The molecule has 0 aliphatic carbocycles. The smallest absolute Gasteiger partial charge is 0.222 e. The van der Waals surface area contributed by atoms with Crippen molar-refractivity contribution in [2.75, 3.05) is 13.1 Å². The van der Waals surface area contributed by atoms with Gasteiger partial charge in [0.2, 0.25) is 5.91 Å². The second kappa shape index (κ2) is 8.19. The summed E-state index contributed by atoms with van der Waals surface area (Å²) in [5.41, 5.74) is 0.875. The topological polar surface area (TPSA) is 51.0 Å². The first-order chi connectivity index (χ1) is 13.2. The lowest BCUT2D eigenvalue weighted by molar-refractivity contribution is -0.132. The molecule has 0 radical (unpaired) electrons. The van der Waals surface area contributed by atoms with Gasteiger partial charge in [-0.2, -0.15) is 0 Å². The third-order valence-electron chi connectivity index (χ3n) is 5.79. The number of nitrogens with zero attached hydrogens (tertiary/aromatic N) is 4. The summed E-state index contributed by atoms with van der Waals surface area (Å²) in [6.07, 6.45) is 7.69. The summed E-state index contributed by atoms with van der Waals surface area (Å²) in [5.74, 6) is 2.35. The largest absolute Gasteiger partial charge is 0.342 e. The van der Waals surface area contributed by atoms with E-state index in [0.717, 1.165) is 56.1 Å². The number of aryl methyl sites for hydroxylation is 2. The first-order valence-corrected chi connectivity index (χ1v) is 10.1. The maximum Gasteiger partial charge on any atom is 0.222 e. The van der Waals surface area contributed by atoms with Crippen molar-refractivity contribution in [3.8, 4) is 0 Å². The van der Waals surface area contributed by atoms with Crippen molar-refractivity contribution in [3.63, 3.8) is 0 Å². The molecule has 5 nitrogen and oxygen atoms in total. The number of rotatable bonds is 4. The molecule has 1 atom stereocenters. The molecule has 0 N–H and O–H groups in total. The Morgan fingerprint density at radius 3 is 2.96 bits per heavy atom. The molecule has 1 fully saturated rings. The monoisotopic (exact) mass is 370 g/mol.